The van der Waals surface area contributed by atoms with Crippen LogP contribution in [0.1, 0.15) is 30.6 Å². The number of Topliss-reactive ketones (excluding diaryl/α,β-unsaturated/α-hetero) is 1. The normalized spacial score (nSPS) is 14.2. The summed E-state index contributed by atoms with van der Waals surface area (Å²) >= 11 is 0. The van der Waals surface area contributed by atoms with Gasteiger partial charge in [-0.1, -0.05) is 6.92 Å². The zero-order chi connectivity index (χ0) is 18.7. The Morgan fingerprint density at radius 3 is 2.65 bits per heavy atom. The second kappa shape index (κ2) is 7.35. The van der Waals surface area contributed by atoms with Crippen LogP contribution in [0.4, 0.5) is 11.5 Å². The summed E-state index contributed by atoms with van der Waals surface area (Å²) in [4.78, 5) is 41.7. The number of nitrogens with one attached hydrogen (secondary N) is 1. The first-order valence-corrected chi connectivity index (χ1v) is 8.33. The average Bonchev–Trinajstić information content (AvgIpc) is 2.65. The molecule has 0 bridgehead atoms. The quantitative estimate of drug-likeness (QED) is 0.834. The van der Waals surface area contributed by atoms with Gasteiger partial charge in [0.05, 0.1) is 5.69 Å². The molecule has 3 rings (SSSR count). The van der Waals surface area contributed by atoms with Gasteiger partial charge in [0, 0.05) is 11.8 Å². The van der Waals surface area contributed by atoms with Crippen molar-refractivity contribution in [3.8, 4) is 5.75 Å². The van der Waals surface area contributed by atoms with E-state index >= 15 is 0 Å². The van der Waals surface area contributed by atoms with Crippen molar-refractivity contribution < 1.29 is 19.1 Å². The number of fused-ring (bicyclic) bond motifs is 1. The Bertz CT molecular complexity index is 848. The molecule has 0 saturated heterocycles. The Hall–Kier alpha value is -3.22. The molecule has 1 aromatic heterocycles. The molecule has 26 heavy (non-hydrogen) atoms. The van der Waals surface area contributed by atoms with Crippen LogP contribution < -0.4 is 15.0 Å². The molecule has 2 heterocycles. The Morgan fingerprint density at radius 2 is 2.00 bits per heavy atom. The number of benzene rings is 1. The van der Waals surface area contributed by atoms with Crippen LogP contribution in [0.2, 0.25) is 0 Å². The third kappa shape index (κ3) is 3.56. The molecule has 0 saturated carbocycles. The number of rotatable bonds is 5. The lowest BCUT2D eigenvalue weighted by Gasteiger charge is -2.30. The zero-order valence-electron chi connectivity index (χ0n) is 14.6. The van der Waals surface area contributed by atoms with E-state index in [9.17, 15) is 14.4 Å². The number of anilines is 2. The van der Waals surface area contributed by atoms with Crippen LogP contribution in [0, 0.1) is 0 Å². The van der Waals surface area contributed by atoms with Gasteiger partial charge in [0.2, 0.25) is 5.91 Å². The van der Waals surface area contributed by atoms with Crippen LogP contribution in [0.25, 0.3) is 0 Å². The lowest BCUT2D eigenvalue weighted by Crippen LogP contribution is -2.48. The van der Waals surface area contributed by atoms with E-state index in [4.69, 9.17) is 4.74 Å². The smallest absolute Gasteiger partial charge is 0.269 e. The number of ether oxygens (including phenoxy) is 1. The molecule has 0 spiro atoms. The van der Waals surface area contributed by atoms with Gasteiger partial charge in [-0.3, -0.25) is 19.3 Å². The number of pyridine rings is 1. The Kier molecular flexibility index (Phi) is 4.97. The van der Waals surface area contributed by atoms with Crippen molar-refractivity contribution in [3.05, 3.63) is 48.2 Å². The highest BCUT2D eigenvalue weighted by atomic mass is 16.5. The summed E-state index contributed by atoms with van der Waals surface area (Å²) in [6.45, 7) is 3.21. The maximum atomic E-state index is 12.9. The molecule has 7 heteroatoms. The van der Waals surface area contributed by atoms with Gasteiger partial charge >= 0.3 is 0 Å². The predicted molar refractivity (Wildman–Crippen MR) is 96.4 cm³/mol. The molecule has 134 valence electrons. The minimum atomic E-state index is -0.765. The van der Waals surface area contributed by atoms with Gasteiger partial charge in [0.1, 0.15) is 12.3 Å². The summed E-state index contributed by atoms with van der Waals surface area (Å²) in [5, 5.41) is 2.70. The number of amides is 2. The van der Waals surface area contributed by atoms with E-state index in [1.165, 1.54) is 11.8 Å². The highest BCUT2D eigenvalue weighted by Crippen LogP contribution is 2.27. The second-order valence-electron chi connectivity index (χ2n) is 5.94. The van der Waals surface area contributed by atoms with Crippen molar-refractivity contribution in [2.24, 2.45) is 0 Å². The van der Waals surface area contributed by atoms with E-state index in [2.05, 4.69) is 10.3 Å². The zero-order valence-corrected chi connectivity index (χ0v) is 14.6. The Morgan fingerprint density at radius 1 is 1.27 bits per heavy atom. The van der Waals surface area contributed by atoms with Gasteiger partial charge in [-0.15, -0.1) is 0 Å². The van der Waals surface area contributed by atoms with Crippen LogP contribution in [0.3, 0.4) is 0 Å². The summed E-state index contributed by atoms with van der Waals surface area (Å²) in [6, 6.07) is 10.0. The fourth-order valence-corrected chi connectivity index (χ4v) is 2.71. The topological polar surface area (TPSA) is 88.6 Å². The number of aromatic nitrogens is 1. The fourth-order valence-electron chi connectivity index (χ4n) is 2.71. The summed E-state index contributed by atoms with van der Waals surface area (Å²) in [5.74, 6) is 0.239. The molecule has 2 aromatic rings. The van der Waals surface area contributed by atoms with E-state index in [0.29, 0.717) is 29.2 Å². The van der Waals surface area contributed by atoms with E-state index in [1.807, 2.05) is 6.92 Å². The predicted octanol–water partition coefficient (Wildman–Crippen LogP) is 2.43. The van der Waals surface area contributed by atoms with E-state index in [0.717, 1.165) is 0 Å². The number of hydrogen-bond acceptors (Lipinski definition) is 5. The molecular weight excluding hydrogens is 334 g/mol. The van der Waals surface area contributed by atoms with Gasteiger partial charge in [-0.05, 0) is 49.7 Å². The van der Waals surface area contributed by atoms with Crippen LogP contribution in [-0.2, 0) is 9.59 Å². The van der Waals surface area contributed by atoms with Crippen LogP contribution in [-0.4, -0.2) is 35.2 Å². The standard InChI is InChI=1S/C19H19N3O4/c1-3-16(26-14-8-6-13(7-9-14)12(2)23)19(25)22-11-17(24)21-15-5-4-10-20-18(15)22/h4-10,16H,3,11H2,1-2H3,(H,21,24). The molecule has 1 aromatic carbocycles. The largest absolute Gasteiger partial charge is 0.481 e. The highest BCUT2D eigenvalue weighted by molar-refractivity contribution is 6.10. The van der Waals surface area contributed by atoms with Crippen LogP contribution in [0.5, 0.6) is 5.75 Å². The third-order valence-corrected chi connectivity index (χ3v) is 4.07. The van der Waals surface area contributed by atoms with E-state index in [-0.39, 0.29) is 24.1 Å². The van der Waals surface area contributed by atoms with Crippen LogP contribution in [0.15, 0.2) is 42.6 Å². The van der Waals surface area contributed by atoms with Gasteiger partial charge in [-0.2, -0.15) is 0 Å². The maximum absolute atomic E-state index is 12.9. The number of ketones is 1. The lowest BCUT2D eigenvalue weighted by molar-refractivity contribution is -0.127. The number of carbonyl (C=O) groups excluding carboxylic acids is 3. The monoisotopic (exact) mass is 353 g/mol. The molecule has 0 fully saturated rings. The van der Waals surface area contributed by atoms with Crippen molar-refractivity contribution in [3.63, 3.8) is 0 Å². The molecule has 1 atom stereocenters. The summed E-state index contributed by atoms with van der Waals surface area (Å²) in [6.07, 6.45) is 1.23. The average molecular weight is 353 g/mol. The molecular formula is C19H19N3O4. The van der Waals surface area contributed by atoms with Crippen molar-refractivity contribution in [2.75, 3.05) is 16.8 Å². The molecule has 1 aliphatic rings. The van der Waals surface area contributed by atoms with E-state index in [1.54, 1.807) is 42.6 Å². The fraction of sp³-hybridized carbons (Fsp3) is 0.263. The summed E-state index contributed by atoms with van der Waals surface area (Å²) < 4.78 is 5.80. The van der Waals surface area contributed by atoms with E-state index < -0.39 is 6.10 Å². The third-order valence-electron chi connectivity index (χ3n) is 4.07. The minimum Gasteiger partial charge on any atom is -0.481 e. The lowest BCUT2D eigenvalue weighted by atomic mass is 10.1. The molecule has 1 N–H and O–H groups in total. The van der Waals surface area contributed by atoms with Crippen LogP contribution >= 0.6 is 0 Å². The van der Waals surface area contributed by atoms with Crippen molar-refractivity contribution in [1.29, 1.82) is 0 Å². The maximum Gasteiger partial charge on any atom is 0.269 e. The van der Waals surface area contributed by atoms with Crippen molar-refractivity contribution in [2.45, 2.75) is 26.4 Å². The highest BCUT2D eigenvalue weighted by Gasteiger charge is 2.32. The van der Waals surface area contributed by atoms with Crippen molar-refractivity contribution in [1.82, 2.24) is 4.98 Å². The second-order valence-corrected chi connectivity index (χ2v) is 5.94. The molecule has 7 nitrogen and oxygen atoms in total. The Labute approximate surface area is 151 Å². The molecule has 2 amide bonds. The molecule has 0 radical (unpaired) electrons. The summed E-state index contributed by atoms with van der Waals surface area (Å²) in [7, 11) is 0. The Balaban J connectivity index is 1.81. The molecule has 1 aliphatic heterocycles. The first-order chi connectivity index (χ1) is 12.5. The van der Waals surface area contributed by atoms with Crippen molar-refractivity contribution >= 4 is 29.1 Å². The number of hydrogen-bond donors (Lipinski definition) is 1. The van der Waals surface area contributed by atoms with Gasteiger partial charge in [-0.25, -0.2) is 4.98 Å². The van der Waals surface area contributed by atoms with Gasteiger partial charge in [0.15, 0.2) is 17.7 Å². The SMILES string of the molecule is CCC(Oc1ccc(C(C)=O)cc1)C(=O)N1CC(=O)Nc2cccnc21. The molecule has 1 unspecified atom stereocenters. The molecule has 0 aliphatic carbocycles. The summed E-state index contributed by atoms with van der Waals surface area (Å²) in [5.41, 5.74) is 1.07. The first kappa shape index (κ1) is 17.6. The van der Waals surface area contributed by atoms with Gasteiger partial charge < -0.3 is 10.1 Å². The van der Waals surface area contributed by atoms with Gasteiger partial charge in [0.25, 0.3) is 5.91 Å². The first-order valence-electron chi connectivity index (χ1n) is 8.33. The number of nitrogens with zero attached hydrogens (tertiary/aromatic N) is 2. The minimum absolute atomic E-state index is 0.0401. The number of carbonyl (C=O) groups is 3.